The highest BCUT2D eigenvalue weighted by Gasteiger charge is 2.32. The summed E-state index contributed by atoms with van der Waals surface area (Å²) in [5.74, 6) is 0. The molecule has 0 spiro atoms. The molecule has 0 fully saturated rings. The van der Waals surface area contributed by atoms with E-state index in [2.05, 4.69) is 38.2 Å². The summed E-state index contributed by atoms with van der Waals surface area (Å²) in [4.78, 5) is 3.93. The molecular weight excluding hydrogens is 591 g/mol. The maximum atomic E-state index is 14.4. The monoisotopic (exact) mass is 619 g/mol. The first kappa shape index (κ1) is 28.7. The second-order valence-corrected chi connectivity index (χ2v) is 12.2. The summed E-state index contributed by atoms with van der Waals surface area (Å²) < 4.78 is 47.5. The molecule has 0 aliphatic rings. The molecule has 6 heteroatoms. The van der Waals surface area contributed by atoms with Gasteiger partial charge in [-0.05, 0) is 79.4 Å². The average Bonchev–Trinajstić information content (AvgIpc) is 3.58. The molecule has 8 aromatic rings. The van der Waals surface area contributed by atoms with E-state index in [9.17, 15) is 13.2 Å². The van der Waals surface area contributed by atoms with Crippen LogP contribution in [0.1, 0.15) is 22.3 Å². The lowest BCUT2D eigenvalue weighted by Crippen LogP contribution is -2.08. The Bertz CT molecular complexity index is 2470. The minimum atomic E-state index is -4.54. The summed E-state index contributed by atoms with van der Waals surface area (Å²) >= 11 is 0. The number of fused-ring (bicyclic) bond motifs is 6. The summed E-state index contributed by atoms with van der Waals surface area (Å²) in [5, 5.41) is 4.13. The van der Waals surface area contributed by atoms with E-state index in [1.165, 1.54) is 12.1 Å². The average molecular weight is 620 g/mol. The lowest BCUT2D eigenvalue weighted by Gasteiger charge is -2.23. The van der Waals surface area contributed by atoms with Crippen molar-refractivity contribution < 1.29 is 13.2 Å². The van der Waals surface area contributed by atoms with Crippen LogP contribution in [0.2, 0.25) is 0 Å². The van der Waals surface area contributed by atoms with E-state index in [1.54, 1.807) is 6.92 Å². The van der Waals surface area contributed by atoms with Crippen LogP contribution in [0.25, 0.3) is 71.0 Å². The fraction of sp³-hybridized carbons (Fsp3) is 0.0976. The predicted molar refractivity (Wildman–Crippen MR) is 186 cm³/mol. The molecule has 0 bridgehead atoms. The van der Waals surface area contributed by atoms with Crippen LogP contribution in [-0.2, 0) is 6.18 Å². The van der Waals surface area contributed by atoms with Crippen molar-refractivity contribution in [1.29, 1.82) is 0 Å². The second kappa shape index (κ2) is 10.4. The van der Waals surface area contributed by atoms with Gasteiger partial charge in [0.15, 0.2) is 5.69 Å². The van der Waals surface area contributed by atoms with Crippen molar-refractivity contribution in [1.82, 2.24) is 9.13 Å². The molecule has 8 rings (SSSR count). The maximum absolute atomic E-state index is 14.4. The summed E-state index contributed by atoms with van der Waals surface area (Å²) in [7, 11) is 0. The molecule has 0 saturated carbocycles. The van der Waals surface area contributed by atoms with Crippen molar-refractivity contribution in [2.24, 2.45) is 0 Å². The zero-order chi connectivity index (χ0) is 32.6. The molecule has 47 heavy (non-hydrogen) atoms. The van der Waals surface area contributed by atoms with Crippen LogP contribution in [0.15, 0.2) is 115 Å². The molecule has 0 N–H and O–H groups in total. The number of alkyl halides is 3. The van der Waals surface area contributed by atoms with Gasteiger partial charge in [-0.3, -0.25) is 0 Å². The number of aromatic nitrogens is 2. The van der Waals surface area contributed by atoms with E-state index in [4.69, 9.17) is 6.57 Å². The number of aryl methyl sites for hydroxylation is 3. The minimum Gasteiger partial charge on any atom is -0.310 e. The van der Waals surface area contributed by atoms with Gasteiger partial charge in [0.1, 0.15) is 0 Å². The molecule has 0 atom stereocenters. The second-order valence-electron chi connectivity index (χ2n) is 12.2. The van der Waals surface area contributed by atoms with Crippen LogP contribution >= 0.6 is 0 Å². The lowest BCUT2D eigenvalue weighted by atomic mass is 9.95. The van der Waals surface area contributed by atoms with Crippen LogP contribution in [-0.4, -0.2) is 9.13 Å². The van der Waals surface area contributed by atoms with Crippen molar-refractivity contribution in [3.05, 3.63) is 149 Å². The number of hydrogen-bond donors (Lipinski definition) is 0. The van der Waals surface area contributed by atoms with Gasteiger partial charge >= 0.3 is 6.18 Å². The van der Waals surface area contributed by atoms with Crippen LogP contribution in [0.4, 0.5) is 18.9 Å². The van der Waals surface area contributed by atoms with Gasteiger partial charge in [0.2, 0.25) is 0 Å². The number of para-hydroxylation sites is 4. The van der Waals surface area contributed by atoms with Gasteiger partial charge in [-0.15, -0.1) is 0 Å². The Balaban J connectivity index is 1.64. The van der Waals surface area contributed by atoms with E-state index in [-0.39, 0.29) is 0 Å². The van der Waals surface area contributed by atoms with Crippen molar-refractivity contribution in [2.75, 3.05) is 0 Å². The van der Waals surface area contributed by atoms with E-state index >= 15 is 0 Å². The Hall–Kier alpha value is -5.80. The molecule has 0 amide bonds. The third kappa shape index (κ3) is 4.34. The highest BCUT2D eigenvalue weighted by atomic mass is 19.4. The van der Waals surface area contributed by atoms with E-state index < -0.39 is 11.7 Å². The number of rotatable bonds is 3. The first-order valence-electron chi connectivity index (χ1n) is 15.4. The fourth-order valence-corrected chi connectivity index (χ4v) is 7.28. The van der Waals surface area contributed by atoms with Crippen molar-refractivity contribution >= 4 is 49.3 Å². The summed E-state index contributed by atoms with van der Waals surface area (Å²) in [6.45, 7) is 14.0. The molecule has 2 heterocycles. The standard InChI is InChI=1S/C41H28F3N3/c1-24-19-27(21-28(20-24)41(42,43)44)38-36(46-34-17-7-5-13-30(34)32-15-9-11-25(2)39(32)46)22-29(45-4)23-37(38)47-35-18-8-6-14-31(35)33-16-10-12-26(3)40(33)47/h5-23H,1-3H3. The molecule has 0 unspecified atom stereocenters. The fourth-order valence-electron chi connectivity index (χ4n) is 7.28. The number of nitrogens with zero attached hydrogens (tertiary/aromatic N) is 3. The van der Waals surface area contributed by atoms with Crippen molar-refractivity contribution in [3.8, 4) is 22.5 Å². The molecule has 228 valence electrons. The molecule has 0 aliphatic carbocycles. The first-order valence-corrected chi connectivity index (χ1v) is 15.4. The molecule has 2 aromatic heterocycles. The quantitative estimate of drug-likeness (QED) is 0.175. The molecule has 0 radical (unpaired) electrons. The topological polar surface area (TPSA) is 14.2 Å². The first-order chi connectivity index (χ1) is 22.7. The lowest BCUT2D eigenvalue weighted by molar-refractivity contribution is -0.137. The third-order valence-corrected chi connectivity index (χ3v) is 9.18. The van der Waals surface area contributed by atoms with E-state index in [1.807, 2.05) is 92.7 Å². The highest BCUT2D eigenvalue weighted by Crippen LogP contribution is 2.46. The van der Waals surface area contributed by atoms with Gasteiger partial charge in [0.25, 0.3) is 0 Å². The Labute approximate surface area is 269 Å². The summed E-state index contributed by atoms with van der Waals surface area (Å²) in [6, 6.07) is 36.3. The van der Waals surface area contributed by atoms with Gasteiger partial charge in [0.05, 0.1) is 34.2 Å². The summed E-state index contributed by atoms with van der Waals surface area (Å²) in [6.07, 6.45) is -4.54. The molecule has 3 nitrogen and oxygen atoms in total. The van der Waals surface area contributed by atoms with Gasteiger partial charge in [-0.1, -0.05) is 78.9 Å². The largest absolute Gasteiger partial charge is 0.416 e. The SMILES string of the molecule is [C-]#[N+]c1cc(-n2c3ccccc3c3cccc(C)c32)c(-c2cc(C)cc(C(F)(F)F)c2)c(-n2c3ccccc3c3cccc(C)c32)c1. The predicted octanol–water partition coefficient (Wildman–Crippen LogP) is 12.0. The smallest absolute Gasteiger partial charge is 0.310 e. The van der Waals surface area contributed by atoms with Gasteiger partial charge in [-0.2, -0.15) is 13.2 Å². The summed E-state index contributed by atoms with van der Waals surface area (Å²) in [5.41, 5.74) is 8.27. The van der Waals surface area contributed by atoms with E-state index in [0.717, 1.165) is 54.7 Å². The van der Waals surface area contributed by atoms with Crippen molar-refractivity contribution in [3.63, 3.8) is 0 Å². The molecule has 0 saturated heterocycles. The number of hydrogen-bond acceptors (Lipinski definition) is 0. The zero-order valence-corrected chi connectivity index (χ0v) is 25.9. The number of halogens is 3. The van der Waals surface area contributed by atoms with Gasteiger partial charge in [-0.25, -0.2) is 4.85 Å². The van der Waals surface area contributed by atoms with Crippen LogP contribution < -0.4 is 0 Å². The minimum absolute atomic E-state index is 0.390. The Morgan fingerprint density at radius 3 is 1.55 bits per heavy atom. The zero-order valence-electron chi connectivity index (χ0n) is 25.9. The highest BCUT2D eigenvalue weighted by molar-refractivity contribution is 6.13. The van der Waals surface area contributed by atoms with Crippen LogP contribution in [0.5, 0.6) is 0 Å². The molecule has 6 aromatic carbocycles. The van der Waals surface area contributed by atoms with Gasteiger partial charge in [0, 0.05) is 38.5 Å². The van der Waals surface area contributed by atoms with Crippen LogP contribution in [0.3, 0.4) is 0 Å². The van der Waals surface area contributed by atoms with Gasteiger partial charge < -0.3 is 9.13 Å². The third-order valence-electron chi connectivity index (χ3n) is 9.18. The molecular formula is C41H28F3N3. The molecule has 0 aliphatic heterocycles. The Kier molecular flexibility index (Phi) is 6.32. The van der Waals surface area contributed by atoms with E-state index in [0.29, 0.717) is 33.8 Å². The van der Waals surface area contributed by atoms with Crippen molar-refractivity contribution in [2.45, 2.75) is 26.9 Å². The Morgan fingerprint density at radius 1 is 0.574 bits per heavy atom. The maximum Gasteiger partial charge on any atom is 0.416 e. The normalized spacial score (nSPS) is 12.0. The Morgan fingerprint density at radius 2 is 1.06 bits per heavy atom. The van der Waals surface area contributed by atoms with Crippen LogP contribution in [0, 0.1) is 27.3 Å². The number of benzene rings is 6.